The number of esters is 2. The van der Waals surface area contributed by atoms with Crippen LogP contribution in [0.1, 0.15) is 162 Å². The Labute approximate surface area is 308 Å². The highest BCUT2D eigenvalue weighted by atomic mass is 31.2. The summed E-state index contributed by atoms with van der Waals surface area (Å²) >= 11 is 0. The fourth-order valence-corrected chi connectivity index (χ4v) is 5.95. The van der Waals surface area contributed by atoms with Crippen LogP contribution in [-0.2, 0) is 37.5 Å². The van der Waals surface area contributed by atoms with Crippen LogP contribution in [0.2, 0.25) is 0 Å². The van der Waals surface area contributed by atoms with Crippen molar-refractivity contribution in [2.24, 2.45) is 5.92 Å². The number of unbranched alkanes of at least 4 members (excludes halogenated alkanes) is 15. The normalized spacial score (nSPS) is 14.3. The monoisotopic (exact) mass is 746 g/mol. The van der Waals surface area contributed by atoms with E-state index in [2.05, 4.69) is 31.4 Å². The molecule has 3 N–H and O–H groups in total. The minimum atomic E-state index is -4.64. The van der Waals surface area contributed by atoms with Crippen LogP contribution in [0.15, 0.2) is 24.3 Å². The first kappa shape index (κ1) is 49.1. The van der Waals surface area contributed by atoms with Crippen molar-refractivity contribution in [1.29, 1.82) is 0 Å². The van der Waals surface area contributed by atoms with Crippen LogP contribution in [-0.4, -0.2) is 71.5 Å². The Hall–Kier alpha value is -1.88. The van der Waals surface area contributed by atoms with Crippen molar-refractivity contribution in [3.05, 3.63) is 24.3 Å². The molecule has 0 amide bonds. The molecule has 0 saturated heterocycles. The van der Waals surface area contributed by atoms with Gasteiger partial charge in [-0.15, -0.1) is 0 Å². The highest BCUT2D eigenvalue weighted by molar-refractivity contribution is 7.47. The Morgan fingerprint density at radius 1 is 0.686 bits per heavy atom. The lowest BCUT2D eigenvalue weighted by Gasteiger charge is -2.20. The zero-order valence-electron chi connectivity index (χ0n) is 32.0. The molecule has 51 heavy (non-hydrogen) atoms. The number of hydrogen-bond acceptors (Lipinski definition) is 10. The van der Waals surface area contributed by atoms with Gasteiger partial charge in [0, 0.05) is 19.3 Å². The molecule has 0 aliphatic rings. The lowest BCUT2D eigenvalue weighted by Crippen LogP contribution is -2.29. The number of phosphoric acid groups is 1. The number of phosphoric ester groups is 1. The van der Waals surface area contributed by atoms with E-state index < -0.39 is 51.8 Å². The first-order chi connectivity index (χ1) is 24.5. The van der Waals surface area contributed by atoms with Gasteiger partial charge >= 0.3 is 19.8 Å². The maximum absolute atomic E-state index is 12.5. The van der Waals surface area contributed by atoms with Gasteiger partial charge in [-0.05, 0) is 44.1 Å². The van der Waals surface area contributed by atoms with Crippen molar-refractivity contribution in [2.75, 3.05) is 26.4 Å². The van der Waals surface area contributed by atoms with Crippen molar-refractivity contribution in [2.45, 2.75) is 174 Å². The highest BCUT2D eigenvalue weighted by Gasteiger charge is 2.27. The van der Waals surface area contributed by atoms with Crippen LogP contribution in [0, 0.1) is 5.92 Å². The standard InChI is InChI=1S/C39H71O11P/c1-4-5-6-7-11-16-21-26-35(41)27-22-17-14-19-23-28-38(43)47-32-37(33-49-51(45,46)48-31-36(42)30-40)50-39(44)29-24-18-13-10-8-9-12-15-20-25-34(2)3/h11,16,21,26,34,36-37,40,42H,4-10,12-15,17-20,22-25,27-33H2,1-3H3,(H,45,46)/b16-11-,26-21+/t36-,37+/m0/s1. The van der Waals surface area contributed by atoms with Gasteiger partial charge < -0.3 is 24.6 Å². The summed E-state index contributed by atoms with van der Waals surface area (Å²) in [5.74, 6) is -0.147. The number of aliphatic hydroxyl groups is 2. The lowest BCUT2D eigenvalue weighted by atomic mass is 10.0. The molecule has 0 heterocycles. The minimum Gasteiger partial charge on any atom is -0.462 e. The Morgan fingerprint density at radius 3 is 1.82 bits per heavy atom. The van der Waals surface area contributed by atoms with Gasteiger partial charge in [0.15, 0.2) is 11.9 Å². The van der Waals surface area contributed by atoms with Gasteiger partial charge in [0.1, 0.15) is 12.7 Å². The fourth-order valence-electron chi connectivity index (χ4n) is 5.16. The smallest absolute Gasteiger partial charge is 0.462 e. The summed E-state index contributed by atoms with van der Waals surface area (Å²) in [4.78, 5) is 46.8. The maximum Gasteiger partial charge on any atom is 0.472 e. The van der Waals surface area contributed by atoms with Gasteiger partial charge in [-0.3, -0.25) is 23.4 Å². The SMILES string of the molecule is CCCCC/C=C\C=C\C(=O)CCCCCCCC(=O)OC[C@H](COP(=O)(O)OC[C@@H](O)CO)OC(=O)CCCCCCCCCCCC(C)C. The fraction of sp³-hybridized carbons (Fsp3) is 0.821. The summed E-state index contributed by atoms with van der Waals surface area (Å²) in [7, 11) is -4.64. The molecular weight excluding hydrogens is 675 g/mol. The van der Waals surface area contributed by atoms with Crippen LogP contribution in [0.3, 0.4) is 0 Å². The molecule has 0 bridgehead atoms. The van der Waals surface area contributed by atoms with E-state index in [0.29, 0.717) is 19.3 Å². The number of carbonyl (C=O) groups is 3. The first-order valence-corrected chi connectivity index (χ1v) is 21.1. The highest BCUT2D eigenvalue weighted by Crippen LogP contribution is 2.43. The number of ether oxygens (including phenoxy) is 2. The van der Waals surface area contributed by atoms with Crippen LogP contribution >= 0.6 is 7.82 Å². The summed E-state index contributed by atoms with van der Waals surface area (Å²) in [5.41, 5.74) is 0. The second-order valence-electron chi connectivity index (χ2n) is 13.8. The summed E-state index contributed by atoms with van der Waals surface area (Å²) in [5, 5.41) is 18.3. The Morgan fingerprint density at radius 2 is 1.24 bits per heavy atom. The van der Waals surface area contributed by atoms with Crippen molar-refractivity contribution in [3.63, 3.8) is 0 Å². The van der Waals surface area contributed by atoms with E-state index in [1.54, 1.807) is 12.2 Å². The van der Waals surface area contributed by atoms with Gasteiger partial charge in [-0.25, -0.2) is 4.57 Å². The van der Waals surface area contributed by atoms with Crippen LogP contribution < -0.4 is 0 Å². The number of allylic oxidation sites excluding steroid dienone is 4. The topological polar surface area (TPSA) is 166 Å². The van der Waals surface area contributed by atoms with E-state index in [9.17, 15) is 28.9 Å². The molecule has 0 aliphatic carbocycles. The number of rotatable bonds is 36. The lowest BCUT2D eigenvalue weighted by molar-refractivity contribution is -0.161. The molecule has 3 atom stereocenters. The zero-order valence-corrected chi connectivity index (χ0v) is 32.9. The first-order valence-electron chi connectivity index (χ1n) is 19.6. The van der Waals surface area contributed by atoms with Gasteiger partial charge in [0.05, 0.1) is 19.8 Å². The van der Waals surface area contributed by atoms with Crippen LogP contribution in [0.4, 0.5) is 0 Å². The predicted octanol–water partition coefficient (Wildman–Crippen LogP) is 8.87. The van der Waals surface area contributed by atoms with E-state index in [-0.39, 0.29) is 25.2 Å². The van der Waals surface area contributed by atoms with E-state index in [4.69, 9.17) is 19.1 Å². The third kappa shape index (κ3) is 34.9. The molecular formula is C39H71O11P. The van der Waals surface area contributed by atoms with Gasteiger partial charge in [0.25, 0.3) is 0 Å². The number of ketones is 1. The van der Waals surface area contributed by atoms with Gasteiger partial charge in [-0.1, -0.05) is 129 Å². The average Bonchev–Trinajstić information content (AvgIpc) is 3.09. The van der Waals surface area contributed by atoms with E-state index >= 15 is 0 Å². The Balaban J connectivity index is 4.43. The summed E-state index contributed by atoms with van der Waals surface area (Å²) in [6.45, 7) is 4.46. The minimum absolute atomic E-state index is 0.108. The van der Waals surface area contributed by atoms with Crippen molar-refractivity contribution in [1.82, 2.24) is 0 Å². The maximum atomic E-state index is 12.5. The largest absolute Gasteiger partial charge is 0.472 e. The van der Waals surface area contributed by atoms with E-state index in [1.165, 1.54) is 57.8 Å². The summed E-state index contributed by atoms with van der Waals surface area (Å²) < 4.78 is 32.5. The molecule has 0 spiro atoms. The molecule has 0 aromatic carbocycles. The molecule has 0 rings (SSSR count). The number of hydrogen-bond donors (Lipinski definition) is 3. The van der Waals surface area contributed by atoms with E-state index in [1.807, 2.05) is 6.08 Å². The average molecular weight is 747 g/mol. The molecule has 0 radical (unpaired) electrons. The van der Waals surface area contributed by atoms with Crippen molar-refractivity contribution < 1.29 is 52.6 Å². The van der Waals surface area contributed by atoms with Crippen molar-refractivity contribution in [3.8, 4) is 0 Å². The van der Waals surface area contributed by atoms with Gasteiger partial charge in [0.2, 0.25) is 0 Å². The van der Waals surface area contributed by atoms with Gasteiger partial charge in [-0.2, -0.15) is 0 Å². The van der Waals surface area contributed by atoms with E-state index in [0.717, 1.165) is 57.3 Å². The number of aliphatic hydroxyl groups excluding tert-OH is 2. The third-order valence-corrected chi connectivity index (χ3v) is 9.21. The molecule has 0 aliphatic heterocycles. The molecule has 1 unspecified atom stereocenters. The molecule has 0 saturated carbocycles. The quantitative estimate of drug-likeness (QED) is 0.0184. The molecule has 0 aromatic heterocycles. The third-order valence-electron chi connectivity index (χ3n) is 8.26. The Kier molecular flexibility index (Phi) is 32.7. The summed E-state index contributed by atoms with van der Waals surface area (Å²) in [6, 6.07) is 0. The predicted molar refractivity (Wildman–Crippen MR) is 201 cm³/mol. The molecule has 298 valence electrons. The second kappa shape index (κ2) is 33.9. The second-order valence-corrected chi connectivity index (χ2v) is 15.3. The van der Waals surface area contributed by atoms with Crippen LogP contribution in [0.25, 0.3) is 0 Å². The van der Waals surface area contributed by atoms with Crippen molar-refractivity contribution >= 4 is 25.5 Å². The van der Waals surface area contributed by atoms with Crippen LogP contribution in [0.5, 0.6) is 0 Å². The molecule has 0 fully saturated rings. The molecule has 0 aromatic rings. The molecule has 11 nitrogen and oxygen atoms in total. The Bertz CT molecular complexity index is 982. The summed E-state index contributed by atoms with van der Waals surface area (Å²) in [6.07, 6.45) is 25.5. The molecule has 12 heteroatoms. The number of carbonyl (C=O) groups excluding carboxylic acids is 3. The zero-order chi connectivity index (χ0) is 38.0.